The number of alkyl halides is 3. The molecule has 0 radical (unpaired) electrons. The van der Waals surface area contributed by atoms with Crippen molar-refractivity contribution in [1.82, 2.24) is 5.32 Å². The number of hydrogen-bond donors (Lipinski definition) is 3. The number of anilines is 1. The molecule has 0 fully saturated rings. The smallest absolute Gasteiger partial charge is 0.416 e. The molecular formula is C20H21F3N2O4. The number of benzene rings is 2. The van der Waals surface area contributed by atoms with Crippen molar-refractivity contribution < 1.29 is 32.6 Å². The highest BCUT2D eigenvalue weighted by Crippen LogP contribution is 2.29. The van der Waals surface area contributed by atoms with E-state index in [4.69, 9.17) is 4.74 Å². The lowest BCUT2D eigenvalue weighted by molar-refractivity contribution is -0.137. The second kappa shape index (κ2) is 8.95. The average molecular weight is 410 g/mol. The molecule has 0 unspecified atom stereocenters. The zero-order valence-corrected chi connectivity index (χ0v) is 15.8. The first-order chi connectivity index (χ1) is 13.5. The molecule has 2 aromatic carbocycles. The number of ether oxygens (including phenoxy) is 1. The van der Waals surface area contributed by atoms with Gasteiger partial charge in [-0.1, -0.05) is 12.1 Å². The van der Waals surface area contributed by atoms with Gasteiger partial charge in [-0.3, -0.25) is 9.59 Å². The molecule has 0 saturated heterocycles. The van der Waals surface area contributed by atoms with Gasteiger partial charge in [0.1, 0.15) is 5.75 Å². The highest BCUT2D eigenvalue weighted by Gasteiger charge is 2.30. The van der Waals surface area contributed by atoms with Crippen LogP contribution < -0.4 is 15.4 Å². The summed E-state index contributed by atoms with van der Waals surface area (Å²) in [6, 6.07) is 10.7. The summed E-state index contributed by atoms with van der Waals surface area (Å²) in [4.78, 5) is 23.8. The van der Waals surface area contributed by atoms with Crippen molar-refractivity contribution in [3.63, 3.8) is 0 Å². The Morgan fingerprint density at radius 1 is 1.00 bits per heavy atom. The molecule has 0 heterocycles. The first-order valence-electron chi connectivity index (χ1n) is 8.62. The summed E-state index contributed by atoms with van der Waals surface area (Å²) in [6.07, 6.45) is -4.27. The molecule has 1 atom stereocenters. The van der Waals surface area contributed by atoms with Gasteiger partial charge in [0, 0.05) is 18.7 Å². The minimum atomic E-state index is -4.49. The minimum Gasteiger partial charge on any atom is -0.497 e. The van der Waals surface area contributed by atoms with Crippen LogP contribution >= 0.6 is 0 Å². The molecule has 6 nitrogen and oxygen atoms in total. The number of nitrogens with one attached hydrogen (secondary N) is 2. The summed E-state index contributed by atoms with van der Waals surface area (Å²) < 4.78 is 42.7. The lowest BCUT2D eigenvalue weighted by Gasteiger charge is -2.23. The van der Waals surface area contributed by atoms with Gasteiger partial charge in [-0.25, -0.2) is 0 Å². The maximum absolute atomic E-state index is 12.5. The fourth-order valence-corrected chi connectivity index (χ4v) is 2.53. The summed E-state index contributed by atoms with van der Waals surface area (Å²) in [5.41, 5.74) is -1.34. The molecule has 2 aromatic rings. The van der Waals surface area contributed by atoms with Crippen LogP contribution in [-0.4, -0.2) is 36.2 Å². The summed E-state index contributed by atoms with van der Waals surface area (Å²) in [7, 11) is 1.54. The highest BCUT2D eigenvalue weighted by atomic mass is 19.4. The first-order valence-corrected chi connectivity index (χ1v) is 8.62. The third-order valence-electron chi connectivity index (χ3n) is 4.05. The molecule has 2 rings (SSSR count). The van der Waals surface area contributed by atoms with E-state index >= 15 is 0 Å². The number of hydrogen-bond acceptors (Lipinski definition) is 4. The van der Waals surface area contributed by atoms with E-state index in [9.17, 15) is 27.9 Å². The standard InChI is InChI=1S/C20H21F3N2O4/c1-19(28,11-13-3-9-16(29-2)10-4-13)12-24-17(26)18(27)25-15-7-5-14(6-8-15)20(21,22)23/h3-10,28H,11-12H2,1-2H3,(H,24,26)(H,25,27)/t19-/m1/s1. The Morgan fingerprint density at radius 3 is 2.10 bits per heavy atom. The Labute approximate surface area is 165 Å². The summed E-state index contributed by atoms with van der Waals surface area (Å²) in [5.74, 6) is -1.40. The maximum Gasteiger partial charge on any atom is 0.416 e. The molecule has 0 aliphatic carbocycles. The molecule has 29 heavy (non-hydrogen) atoms. The van der Waals surface area contributed by atoms with Gasteiger partial charge in [-0.2, -0.15) is 13.2 Å². The summed E-state index contributed by atoms with van der Waals surface area (Å²) in [6.45, 7) is 1.31. The molecular weight excluding hydrogens is 389 g/mol. The Morgan fingerprint density at radius 2 is 1.59 bits per heavy atom. The van der Waals surface area contributed by atoms with E-state index in [1.165, 1.54) is 14.0 Å². The monoisotopic (exact) mass is 410 g/mol. The van der Waals surface area contributed by atoms with Crippen LogP contribution in [0.2, 0.25) is 0 Å². The Bertz CT molecular complexity index is 848. The quantitative estimate of drug-likeness (QED) is 0.639. The molecule has 0 saturated carbocycles. The van der Waals surface area contributed by atoms with E-state index in [1.54, 1.807) is 24.3 Å². The molecule has 0 aliphatic rings. The van der Waals surface area contributed by atoms with Crippen molar-refractivity contribution in [2.24, 2.45) is 0 Å². The zero-order chi connectivity index (χ0) is 21.7. The Hall–Kier alpha value is -3.07. The van der Waals surface area contributed by atoms with E-state index in [1.807, 2.05) is 0 Å². The van der Waals surface area contributed by atoms with Crippen LogP contribution in [0.4, 0.5) is 18.9 Å². The fraction of sp³-hybridized carbons (Fsp3) is 0.300. The van der Waals surface area contributed by atoms with Gasteiger partial charge >= 0.3 is 18.0 Å². The Kier molecular flexibility index (Phi) is 6.86. The van der Waals surface area contributed by atoms with Gasteiger partial charge in [0.05, 0.1) is 18.3 Å². The lowest BCUT2D eigenvalue weighted by Crippen LogP contribution is -2.45. The highest BCUT2D eigenvalue weighted by molar-refractivity contribution is 6.39. The number of halogens is 3. The second-order valence-electron chi connectivity index (χ2n) is 6.73. The number of methoxy groups -OCH3 is 1. The minimum absolute atomic E-state index is 0.0446. The molecule has 3 N–H and O–H groups in total. The van der Waals surface area contributed by atoms with E-state index in [2.05, 4.69) is 10.6 Å². The van der Waals surface area contributed by atoms with Crippen molar-refractivity contribution in [3.05, 3.63) is 59.7 Å². The summed E-state index contributed by atoms with van der Waals surface area (Å²) in [5, 5.41) is 15.0. The van der Waals surface area contributed by atoms with Crippen LogP contribution in [0.1, 0.15) is 18.1 Å². The van der Waals surface area contributed by atoms with Crippen LogP contribution in [0.3, 0.4) is 0 Å². The molecule has 0 aliphatic heterocycles. The average Bonchev–Trinajstić information content (AvgIpc) is 2.66. The van der Waals surface area contributed by atoms with Crippen LogP contribution in [0.25, 0.3) is 0 Å². The molecule has 0 bridgehead atoms. The second-order valence-corrected chi connectivity index (χ2v) is 6.73. The number of carbonyl (C=O) groups is 2. The van der Waals surface area contributed by atoms with Gasteiger partial charge < -0.3 is 20.5 Å². The van der Waals surface area contributed by atoms with Gasteiger partial charge in [0.25, 0.3) is 0 Å². The van der Waals surface area contributed by atoms with Crippen molar-refractivity contribution in [2.75, 3.05) is 19.0 Å². The van der Waals surface area contributed by atoms with Crippen LogP contribution in [-0.2, 0) is 22.2 Å². The summed E-state index contributed by atoms with van der Waals surface area (Å²) >= 11 is 0. The number of rotatable bonds is 6. The van der Waals surface area contributed by atoms with Crippen molar-refractivity contribution in [2.45, 2.75) is 25.1 Å². The van der Waals surface area contributed by atoms with Crippen LogP contribution in [0.15, 0.2) is 48.5 Å². The van der Waals surface area contributed by atoms with E-state index < -0.39 is 29.2 Å². The Balaban J connectivity index is 1.87. The number of carbonyl (C=O) groups excluding carboxylic acids is 2. The van der Waals surface area contributed by atoms with Gasteiger partial charge in [0.15, 0.2) is 0 Å². The van der Waals surface area contributed by atoms with Crippen molar-refractivity contribution >= 4 is 17.5 Å². The van der Waals surface area contributed by atoms with Gasteiger partial charge in [-0.05, 0) is 48.9 Å². The zero-order valence-electron chi connectivity index (χ0n) is 15.8. The predicted molar refractivity (Wildman–Crippen MR) is 100 cm³/mol. The largest absolute Gasteiger partial charge is 0.497 e. The van der Waals surface area contributed by atoms with Crippen LogP contribution in [0, 0.1) is 0 Å². The topological polar surface area (TPSA) is 87.7 Å². The van der Waals surface area contributed by atoms with Gasteiger partial charge in [-0.15, -0.1) is 0 Å². The van der Waals surface area contributed by atoms with Gasteiger partial charge in [0.2, 0.25) is 0 Å². The van der Waals surface area contributed by atoms with Crippen LogP contribution in [0.5, 0.6) is 5.75 Å². The van der Waals surface area contributed by atoms with E-state index in [-0.39, 0.29) is 18.7 Å². The van der Waals surface area contributed by atoms with Crippen molar-refractivity contribution in [3.8, 4) is 5.75 Å². The molecule has 0 spiro atoms. The van der Waals surface area contributed by atoms with E-state index in [0.717, 1.165) is 29.8 Å². The fourth-order valence-electron chi connectivity index (χ4n) is 2.53. The molecule has 156 valence electrons. The number of amides is 2. The molecule has 2 amide bonds. The van der Waals surface area contributed by atoms with Crippen molar-refractivity contribution in [1.29, 1.82) is 0 Å². The normalized spacial score (nSPS) is 13.3. The lowest BCUT2D eigenvalue weighted by atomic mass is 9.96. The third kappa shape index (κ3) is 6.79. The van der Waals surface area contributed by atoms with E-state index in [0.29, 0.717) is 5.75 Å². The predicted octanol–water partition coefficient (Wildman–Crippen LogP) is 2.76. The maximum atomic E-state index is 12.5. The SMILES string of the molecule is COc1ccc(C[C@@](C)(O)CNC(=O)C(=O)Nc2ccc(C(F)(F)F)cc2)cc1. The molecule has 9 heteroatoms. The third-order valence-corrected chi connectivity index (χ3v) is 4.05. The molecule has 0 aromatic heterocycles. The number of aliphatic hydroxyl groups is 1. The first kappa shape index (κ1) is 22.2.